The van der Waals surface area contributed by atoms with Crippen LogP contribution in [0.1, 0.15) is 12.5 Å². The van der Waals surface area contributed by atoms with Gasteiger partial charge in [0.2, 0.25) is 0 Å². The molecule has 0 saturated carbocycles. The summed E-state index contributed by atoms with van der Waals surface area (Å²) in [6.45, 7) is 0.156. The van der Waals surface area contributed by atoms with E-state index in [0.717, 1.165) is 12.7 Å². The molecule has 0 aliphatic heterocycles. The summed E-state index contributed by atoms with van der Waals surface area (Å²) in [5.74, 6) is -0.722. The first kappa shape index (κ1) is 15.5. The number of methoxy groups -OCH3 is 1. The number of carbonyl (C=O) groups is 1. The lowest BCUT2D eigenvalue weighted by atomic mass is 9.92. The Bertz CT molecular complexity index is 420. The zero-order valence-electron chi connectivity index (χ0n) is 10.8. The summed E-state index contributed by atoms with van der Waals surface area (Å²) in [5.41, 5.74) is -0.656. The molecule has 19 heavy (non-hydrogen) atoms. The van der Waals surface area contributed by atoms with Crippen LogP contribution in [0.3, 0.4) is 0 Å². The number of nitrogens with one attached hydrogen (secondary N) is 1. The third-order valence-electron chi connectivity index (χ3n) is 2.72. The molecule has 0 aliphatic rings. The van der Waals surface area contributed by atoms with E-state index in [1.165, 1.54) is 6.92 Å². The van der Waals surface area contributed by atoms with Gasteiger partial charge in [0.05, 0.1) is 13.7 Å². The van der Waals surface area contributed by atoms with Crippen LogP contribution in [0.2, 0.25) is 0 Å². The lowest BCUT2D eigenvalue weighted by Crippen LogP contribution is -2.54. The van der Waals surface area contributed by atoms with Crippen molar-refractivity contribution in [2.45, 2.75) is 25.1 Å². The number of esters is 1. The van der Waals surface area contributed by atoms with Crippen molar-refractivity contribution in [1.29, 1.82) is 0 Å². The number of hydrogen-bond donors (Lipinski definition) is 1. The maximum atomic E-state index is 12.3. The maximum Gasteiger partial charge on any atom is 0.401 e. The fraction of sp³-hybridized carbons (Fsp3) is 0.462. The molecule has 1 rings (SSSR count). The summed E-state index contributed by atoms with van der Waals surface area (Å²) in [6, 6.07) is 8.81. The molecule has 1 aromatic carbocycles. The molecule has 1 unspecified atom stereocenters. The summed E-state index contributed by atoms with van der Waals surface area (Å²) >= 11 is 0. The highest BCUT2D eigenvalue weighted by atomic mass is 19.4. The molecule has 3 nitrogen and oxygen atoms in total. The number of hydrogen-bond acceptors (Lipinski definition) is 3. The zero-order chi connectivity index (χ0) is 14.5. The Morgan fingerprint density at radius 3 is 2.32 bits per heavy atom. The van der Waals surface area contributed by atoms with E-state index in [1.807, 2.05) is 0 Å². The predicted molar refractivity (Wildman–Crippen MR) is 64.6 cm³/mol. The first-order valence-corrected chi connectivity index (χ1v) is 5.71. The number of halogens is 3. The molecule has 0 amide bonds. The standard InChI is InChI=1S/C13H16F3NO2/c1-12(11(18)19-2,17-9-13(14,15)16)8-10-6-4-3-5-7-10/h3-7,17H,8-9H2,1-2H3. The van der Waals surface area contributed by atoms with E-state index in [2.05, 4.69) is 10.1 Å². The van der Waals surface area contributed by atoms with Crippen LogP contribution in [0.25, 0.3) is 0 Å². The van der Waals surface area contributed by atoms with Crippen molar-refractivity contribution in [1.82, 2.24) is 5.32 Å². The van der Waals surface area contributed by atoms with Gasteiger partial charge in [-0.3, -0.25) is 10.1 Å². The van der Waals surface area contributed by atoms with Gasteiger partial charge in [-0.1, -0.05) is 30.3 Å². The third kappa shape index (κ3) is 4.90. The van der Waals surface area contributed by atoms with E-state index < -0.39 is 24.2 Å². The number of benzene rings is 1. The van der Waals surface area contributed by atoms with Crippen LogP contribution in [-0.4, -0.2) is 31.3 Å². The zero-order valence-corrected chi connectivity index (χ0v) is 10.8. The van der Waals surface area contributed by atoms with E-state index in [-0.39, 0.29) is 6.42 Å². The molecule has 0 spiro atoms. The predicted octanol–water partition coefficient (Wildman–Crippen LogP) is 2.31. The molecule has 106 valence electrons. The molecule has 0 aliphatic carbocycles. The van der Waals surface area contributed by atoms with E-state index in [9.17, 15) is 18.0 Å². The second-order valence-corrected chi connectivity index (χ2v) is 4.45. The van der Waals surface area contributed by atoms with Crippen molar-refractivity contribution in [3.05, 3.63) is 35.9 Å². The van der Waals surface area contributed by atoms with Gasteiger partial charge < -0.3 is 4.74 Å². The second kappa shape index (κ2) is 6.06. The first-order chi connectivity index (χ1) is 8.77. The summed E-state index contributed by atoms with van der Waals surface area (Å²) in [5, 5.41) is 2.24. The summed E-state index contributed by atoms with van der Waals surface area (Å²) in [6.07, 6.45) is -4.26. The van der Waals surface area contributed by atoms with E-state index in [1.54, 1.807) is 30.3 Å². The second-order valence-electron chi connectivity index (χ2n) is 4.45. The van der Waals surface area contributed by atoms with Crippen molar-refractivity contribution in [2.75, 3.05) is 13.7 Å². The summed E-state index contributed by atoms with van der Waals surface area (Å²) < 4.78 is 41.4. The highest BCUT2D eigenvalue weighted by Crippen LogP contribution is 2.19. The molecule has 0 heterocycles. The fourth-order valence-electron chi connectivity index (χ4n) is 1.73. The van der Waals surface area contributed by atoms with Crippen LogP contribution in [-0.2, 0) is 16.0 Å². The monoisotopic (exact) mass is 275 g/mol. The SMILES string of the molecule is COC(=O)C(C)(Cc1ccccc1)NCC(F)(F)F. The average Bonchev–Trinajstić information content (AvgIpc) is 2.36. The Balaban J connectivity index is 2.84. The smallest absolute Gasteiger partial charge is 0.401 e. The van der Waals surface area contributed by atoms with Gasteiger partial charge in [-0.05, 0) is 12.5 Å². The van der Waals surface area contributed by atoms with Crippen LogP contribution in [0.15, 0.2) is 30.3 Å². The van der Waals surface area contributed by atoms with E-state index >= 15 is 0 Å². The minimum absolute atomic E-state index is 0.122. The average molecular weight is 275 g/mol. The molecular formula is C13H16F3NO2. The highest BCUT2D eigenvalue weighted by Gasteiger charge is 2.38. The quantitative estimate of drug-likeness (QED) is 0.838. The molecule has 0 saturated heterocycles. The lowest BCUT2D eigenvalue weighted by Gasteiger charge is -2.28. The normalized spacial score (nSPS) is 14.8. The van der Waals surface area contributed by atoms with Gasteiger partial charge in [-0.25, -0.2) is 0 Å². The molecule has 0 radical (unpaired) electrons. The maximum absolute atomic E-state index is 12.3. The van der Waals surface area contributed by atoms with Gasteiger partial charge in [0.1, 0.15) is 5.54 Å². The van der Waals surface area contributed by atoms with Crippen molar-refractivity contribution in [3.8, 4) is 0 Å². The van der Waals surface area contributed by atoms with Gasteiger partial charge in [0, 0.05) is 6.42 Å². The van der Waals surface area contributed by atoms with Crippen LogP contribution in [0.5, 0.6) is 0 Å². The minimum Gasteiger partial charge on any atom is -0.468 e. The molecule has 0 fully saturated rings. The summed E-state index contributed by atoms with van der Waals surface area (Å²) in [7, 11) is 1.15. The lowest BCUT2D eigenvalue weighted by molar-refractivity contribution is -0.152. The highest BCUT2D eigenvalue weighted by molar-refractivity contribution is 5.80. The van der Waals surface area contributed by atoms with Crippen LogP contribution in [0, 0.1) is 0 Å². The number of alkyl halides is 3. The Hall–Kier alpha value is -1.56. The van der Waals surface area contributed by atoms with E-state index in [0.29, 0.717) is 0 Å². The molecule has 6 heteroatoms. The van der Waals surface area contributed by atoms with Crippen LogP contribution < -0.4 is 5.32 Å². The Morgan fingerprint density at radius 2 is 1.84 bits per heavy atom. The molecule has 1 aromatic rings. The molecular weight excluding hydrogens is 259 g/mol. The van der Waals surface area contributed by atoms with Crippen molar-refractivity contribution < 1.29 is 22.7 Å². The topological polar surface area (TPSA) is 38.3 Å². The van der Waals surface area contributed by atoms with Gasteiger partial charge in [0.15, 0.2) is 0 Å². The number of carbonyl (C=O) groups excluding carboxylic acids is 1. The van der Waals surface area contributed by atoms with E-state index in [4.69, 9.17) is 0 Å². The largest absolute Gasteiger partial charge is 0.468 e. The molecule has 0 bridgehead atoms. The van der Waals surface area contributed by atoms with Gasteiger partial charge in [-0.15, -0.1) is 0 Å². The first-order valence-electron chi connectivity index (χ1n) is 5.71. The fourth-order valence-corrected chi connectivity index (χ4v) is 1.73. The van der Waals surface area contributed by atoms with Crippen molar-refractivity contribution in [2.24, 2.45) is 0 Å². The van der Waals surface area contributed by atoms with Crippen molar-refractivity contribution in [3.63, 3.8) is 0 Å². The Kier molecular flexibility index (Phi) is 4.94. The van der Waals surface area contributed by atoms with Crippen molar-refractivity contribution >= 4 is 5.97 Å². The minimum atomic E-state index is -4.38. The third-order valence-corrected chi connectivity index (χ3v) is 2.72. The molecule has 0 aromatic heterocycles. The number of rotatable bonds is 5. The van der Waals surface area contributed by atoms with Crippen LogP contribution >= 0.6 is 0 Å². The van der Waals surface area contributed by atoms with Gasteiger partial charge in [-0.2, -0.15) is 13.2 Å². The Labute approximate surface area is 109 Å². The molecule has 1 N–H and O–H groups in total. The van der Waals surface area contributed by atoms with Gasteiger partial charge >= 0.3 is 12.1 Å². The molecule has 1 atom stereocenters. The van der Waals surface area contributed by atoms with Crippen LogP contribution in [0.4, 0.5) is 13.2 Å². The van der Waals surface area contributed by atoms with Gasteiger partial charge in [0.25, 0.3) is 0 Å². The Morgan fingerprint density at radius 1 is 1.26 bits per heavy atom. The number of ether oxygens (including phenoxy) is 1. The summed E-state index contributed by atoms with van der Waals surface area (Å²) in [4.78, 5) is 11.7.